The van der Waals surface area contributed by atoms with Gasteiger partial charge in [0.05, 0.1) is 39.9 Å². The highest BCUT2D eigenvalue weighted by Gasteiger charge is 2.27. The third-order valence-electron chi connectivity index (χ3n) is 13.7. The summed E-state index contributed by atoms with van der Waals surface area (Å²) in [5.74, 6) is -0.191. The lowest BCUT2D eigenvalue weighted by Crippen LogP contribution is -2.45. The average Bonchev–Trinajstić information content (AvgIpc) is 3.41. The van der Waals surface area contributed by atoms with Crippen molar-refractivity contribution in [1.29, 1.82) is 0 Å². The van der Waals surface area contributed by atoms with Crippen molar-refractivity contribution in [2.24, 2.45) is 0 Å². The van der Waals surface area contributed by atoms with Gasteiger partial charge in [0.25, 0.3) is 0 Å². The second-order valence-corrected chi connectivity index (χ2v) is 23.9. The molecule has 0 heterocycles. The zero-order valence-electron chi connectivity index (χ0n) is 51.1. The topological polar surface area (TPSA) is 105 Å². The monoisotopic (exact) mass is 1110 g/mol. The van der Waals surface area contributed by atoms with Crippen molar-refractivity contribution in [3.05, 3.63) is 122 Å². The molecule has 3 unspecified atom stereocenters. The summed E-state index contributed by atoms with van der Waals surface area (Å²) in [5.41, 5.74) is 0. The molecule has 8 nitrogen and oxygen atoms in total. The van der Waals surface area contributed by atoms with Crippen LogP contribution >= 0.6 is 7.82 Å². The number of quaternary nitrogens is 1. The van der Waals surface area contributed by atoms with Crippen LogP contribution in [0.5, 0.6) is 0 Å². The summed E-state index contributed by atoms with van der Waals surface area (Å²) in [7, 11) is 1.55. The minimum absolute atomic E-state index is 0.0534. The highest BCUT2D eigenvalue weighted by Crippen LogP contribution is 2.43. The van der Waals surface area contributed by atoms with Gasteiger partial charge in [0, 0.05) is 6.42 Å². The summed E-state index contributed by atoms with van der Waals surface area (Å²) >= 11 is 0. The maximum absolute atomic E-state index is 13.0. The molecule has 78 heavy (non-hydrogen) atoms. The number of hydrogen-bond donors (Lipinski definition) is 3. The van der Waals surface area contributed by atoms with Gasteiger partial charge in [0.2, 0.25) is 5.91 Å². The van der Waals surface area contributed by atoms with Crippen LogP contribution in [0.15, 0.2) is 122 Å². The van der Waals surface area contributed by atoms with E-state index in [-0.39, 0.29) is 19.1 Å². The number of carbonyl (C=O) groups is 1. The molecule has 0 aromatic carbocycles. The number of phosphoric acid groups is 1. The first-order valence-corrected chi connectivity index (χ1v) is 33.4. The number of nitrogens with zero attached hydrogens (tertiary/aromatic N) is 1. The first-order valence-electron chi connectivity index (χ1n) is 31.9. The number of hydrogen-bond acceptors (Lipinski definition) is 5. The van der Waals surface area contributed by atoms with Gasteiger partial charge in [-0.3, -0.25) is 13.8 Å². The molecule has 1 amide bonds. The number of phosphoric ester groups is 1. The molecule has 3 atom stereocenters. The van der Waals surface area contributed by atoms with Crippen LogP contribution in [0.3, 0.4) is 0 Å². The molecule has 0 saturated carbocycles. The first-order chi connectivity index (χ1) is 38.0. The van der Waals surface area contributed by atoms with Gasteiger partial charge >= 0.3 is 7.82 Å². The van der Waals surface area contributed by atoms with Crippen LogP contribution in [-0.4, -0.2) is 73.4 Å². The van der Waals surface area contributed by atoms with Crippen LogP contribution in [0.1, 0.15) is 258 Å². The standard InChI is InChI=1S/C69H121N2O6P/c1-6-8-10-12-14-16-18-20-22-24-26-28-29-30-31-32-33-34-35-36-37-38-39-40-41-43-45-47-49-51-53-55-57-59-61-63-69(73)70-67(66-77-78(74,75)76-65-64-71(3,4)5)68(72)62-60-58-56-54-52-50-48-46-44-42-27-25-23-21-19-17-15-13-11-9-7-2/h8,10,14,16,20,22,26,28,30-31,33-34,36-37,39-40,43,45,60,62,67-68,72H,6-7,9,11-13,15,17-19,21,23-25,27,29,32,35,38,41-42,44,46-59,61,63-66H2,1-5H3,(H-,70,73,74,75)/p+1/b10-8-,16-14-,22-20-,28-26-,31-30-,34-33-,37-36-,40-39-,45-43-,62-60+. The number of aliphatic hydroxyl groups is 1. The largest absolute Gasteiger partial charge is 0.472 e. The van der Waals surface area contributed by atoms with E-state index < -0.39 is 20.0 Å². The highest BCUT2D eigenvalue weighted by molar-refractivity contribution is 7.47. The quantitative estimate of drug-likeness (QED) is 0.0243. The van der Waals surface area contributed by atoms with Gasteiger partial charge in [-0.2, -0.15) is 0 Å². The van der Waals surface area contributed by atoms with Crippen LogP contribution in [0.2, 0.25) is 0 Å². The summed E-state index contributed by atoms with van der Waals surface area (Å²) in [6, 6.07) is -0.862. The van der Waals surface area contributed by atoms with E-state index in [1.54, 1.807) is 6.08 Å². The predicted octanol–water partition coefficient (Wildman–Crippen LogP) is 20.1. The van der Waals surface area contributed by atoms with E-state index in [4.69, 9.17) is 9.05 Å². The van der Waals surface area contributed by atoms with E-state index in [0.717, 1.165) is 109 Å². The molecule has 0 aliphatic carbocycles. The van der Waals surface area contributed by atoms with Crippen LogP contribution in [0.25, 0.3) is 0 Å². The molecule has 0 aromatic rings. The molecular weight excluding hydrogens is 984 g/mol. The Kier molecular flexibility index (Phi) is 56.2. The van der Waals surface area contributed by atoms with Gasteiger partial charge in [-0.25, -0.2) is 4.57 Å². The van der Waals surface area contributed by atoms with E-state index in [1.807, 2.05) is 27.2 Å². The first kappa shape index (κ1) is 74.9. The Morgan fingerprint density at radius 2 is 0.769 bits per heavy atom. The number of unbranched alkanes of at least 4 members (excludes halogenated alkanes) is 26. The average molecular weight is 1110 g/mol. The van der Waals surface area contributed by atoms with Crippen molar-refractivity contribution < 1.29 is 32.9 Å². The summed E-state index contributed by atoms with van der Waals surface area (Å²) < 4.78 is 23.8. The number of carbonyl (C=O) groups excluding carboxylic acids is 1. The molecule has 0 aromatic heterocycles. The normalized spacial score (nSPS) is 14.6. The van der Waals surface area contributed by atoms with E-state index in [1.165, 1.54) is 128 Å². The SMILES string of the molecule is CC/C=C\C/C=C\C/C=C\C/C=C\C/C=C\C/C=C\C/C=C\C/C=C\C/C=C\CCCCCCCCCC(=O)NC(COP(=O)(O)OCC[N+](C)(C)C)C(O)/C=C/CCCCCCCCCCCCCCCCCCCCC. The smallest absolute Gasteiger partial charge is 0.387 e. The molecule has 0 aliphatic rings. The van der Waals surface area contributed by atoms with Gasteiger partial charge in [-0.15, -0.1) is 0 Å². The van der Waals surface area contributed by atoms with Gasteiger partial charge in [-0.1, -0.05) is 283 Å². The number of likely N-dealkylation sites (N-methyl/N-ethyl adjacent to an activating group) is 1. The van der Waals surface area contributed by atoms with Crippen molar-refractivity contribution in [2.75, 3.05) is 40.9 Å². The minimum Gasteiger partial charge on any atom is -0.387 e. The number of allylic oxidation sites excluding steroid dienone is 19. The van der Waals surface area contributed by atoms with Crippen LogP contribution in [0.4, 0.5) is 0 Å². The van der Waals surface area contributed by atoms with E-state index in [9.17, 15) is 19.4 Å². The van der Waals surface area contributed by atoms with Gasteiger partial charge in [-0.05, 0) is 89.9 Å². The van der Waals surface area contributed by atoms with Gasteiger partial charge < -0.3 is 19.8 Å². The third-order valence-corrected chi connectivity index (χ3v) is 14.7. The lowest BCUT2D eigenvalue weighted by atomic mass is 10.0. The fourth-order valence-electron chi connectivity index (χ4n) is 8.74. The molecule has 0 rings (SSSR count). The molecule has 0 spiro atoms. The lowest BCUT2D eigenvalue weighted by Gasteiger charge is -2.25. The molecule has 0 radical (unpaired) electrons. The van der Waals surface area contributed by atoms with E-state index >= 15 is 0 Å². The Hall–Kier alpha value is -3.10. The molecule has 0 saturated heterocycles. The van der Waals surface area contributed by atoms with Crippen molar-refractivity contribution in [3.8, 4) is 0 Å². The summed E-state index contributed by atoms with van der Waals surface area (Å²) in [6.07, 6.45) is 87.4. The number of nitrogens with one attached hydrogen (secondary N) is 1. The molecule has 9 heteroatoms. The zero-order valence-corrected chi connectivity index (χ0v) is 52.0. The predicted molar refractivity (Wildman–Crippen MR) is 341 cm³/mol. The maximum atomic E-state index is 13.0. The zero-order chi connectivity index (χ0) is 57.0. The van der Waals surface area contributed by atoms with Gasteiger partial charge in [0.1, 0.15) is 13.2 Å². The fraction of sp³-hybridized carbons (Fsp3) is 0.696. The summed E-state index contributed by atoms with van der Waals surface area (Å²) in [5, 5.41) is 14.0. The summed E-state index contributed by atoms with van der Waals surface area (Å²) in [4.78, 5) is 23.4. The Balaban J connectivity index is 4.21. The van der Waals surface area contributed by atoms with Gasteiger partial charge in [0.15, 0.2) is 0 Å². The fourth-order valence-corrected chi connectivity index (χ4v) is 9.48. The lowest BCUT2D eigenvalue weighted by molar-refractivity contribution is -0.870. The number of rotatable bonds is 57. The van der Waals surface area contributed by atoms with Crippen molar-refractivity contribution in [3.63, 3.8) is 0 Å². The third kappa shape index (κ3) is 60.5. The maximum Gasteiger partial charge on any atom is 0.472 e. The highest BCUT2D eigenvalue weighted by atomic mass is 31.2. The van der Waals surface area contributed by atoms with Crippen molar-refractivity contribution in [1.82, 2.24) is 5.32 Å². The molecular formula is C69H122N2O6P+. The van der Waals surface area contributed by atoms with E-state index in [0.29, 0.717) is 17.4 Å². The second-order valence-electron chi connectivity index (χ2n) is 22.4. The van der Waals surface area contributed by atoms with Crippen molar-refractivity contribution >= 4 is 13.7 Å². The number of aliphatic hydroxyl groups excluding tert-OH is 1. The molecule has 0 bridgehead atoms. The number of amides is 1. The van der Waals surface area contributed by atoms with Crippen LogP contribution in [0, 0.1) is 0 Å². The molecule has 3 N–H and O–H groups in total. The Labute approximate surface area is 482 Å². The second kappa shape index (κ2) is 58.6. The minimum atomic E-state index is -4.36. The molecule has 448 valence electrons. The van der Waals surface area contributed by atoms with Crippen LogP contribution in [-0.2, 0) is 18.4 Å². The Bertz CT molecular complexity index is 1680. The molecule has 0 aliphatic heterocycles. The van der Waals surface area contributed by atoms with E-state index in [2.05, 4.69) is 129 Å². The summed E-state index contributed by atoms with van der Waals surface area (Å²) in [6.45, 7) is 4.70. The molecule has 0 fully saturated rings. The Morgan fingerprint density at radius 3 is 1.13 bits per heavy atom. The van der Waals surface area contributed by atoms with Crippen LogP contribution < -0.4 is 5.32 Å². The van der Waals surface area contributed by atoms with Crippen molar-refractivity contribution in [2.45, 2.75) is 270 Å². The Morgan fingerprint density at radius 1 is 0.449 bits per heavy atom.